The van der Waals surface area contributed by atoms with Crippen LogP contribution in [0.25, 0.3) is 0 Å². The summed E-state index contributed by atoms with van der Waals surface area (Å²) in [5.41, 5.74) is 0. The number of ether oxygens (including phenoxy) is 1. The molecule has 0 aliphatic carbocycles. The quantitative estimate of drug-likeness (QED) is 0.760. The summed E-state index contributed by atoms with van der Waals surface area (Å²) < 4.78 is 30.0. The number of morpholine rings is 1. The first kappa shape index (κ1) is 17.9. The van der Waals surface area contributed by atoms with Gasteiger partial charge in [-0.15, -0.1) is 0 Å². The highest BCUT2D eigenvalue weighted by molar-refractivity contribution is 7.91. The van der Waals surface area contributed by atoms with Crippen molar-refractivity contribution in [1.82, 2.24) is 9.80 Å². The molecule has 0 radical (unpaired) electrons. The van der Waals surface area contributed by atoms with Crippen LogP contribution in [0.3, 0.4) is 0 Å². The smallest absolute Gasteiger partial charge is 0.224 e. The van der Waals surface area contributed by atoms with Gasteiger partial charge in [-0.25, -0.2) is 8.42 Å². The Kier molecular flexibility index (Phi) is 6.15. The normalized spacial score (nSPS) is 19.1. The zero-order valence-electron chi connectivity index (χ0n) is 13.6. The number of rotatable bonds is 6. The van der Waals surface area contributed by atoms with Crippen molar-refractivity contribution in [3.05, 3.63) is 30.3 Å². The van der Waals surface area contributed by atoms with Crippen molar-refractivity contribution in [3.8, 4) is 0 Å². The SMILES string of the molecule is CN(C)CC1COCCN1C(=O)CCS(=O)(=O)c1ccccc1. The topological polar surface area (TPSA) is 66.9 Å². The fraction of sp³-hybridized carbons (Fsp3) is 0.562. The van der Waals surface area contributed by atoms with Crippen LogP contribution in [0, 0.1) is 0 Å². The third kappa shape index (κ3) is 5.02. The molecule has 1 aromatic carbocycles. The molecular formula is C16H24N2O4S. The lowest BCUT2D eigenvalue weighted by Gasteiger charge is -2.37. The number of amides is 1. The van der Waals surface area contributed by atoms with E-state index in [9.17, 15) is 13.2 Å². The van der Waals surface area contributed by atoms with Gasteiger partial charge in [0, 0.05) is 19.5 Å². The van der Waals surface area contributed by atoms with Crippen molar-refractivity contribution in [2.75, 3.05) is 46.2 Å². The summed E-state index contributed by atoms with van der Waals surface area (Å²) in [4.78, 5) is 16.5. The molecule has 0 saturated carbocycles. The molecule has 1 aromatic rings. The van der Waals surface area contributed by atoms with Crippen molar-refractivity contribution >= 4 is 15.7 Å². The monoisotopic (exact) mass is 340 g/mol. The van der Waals surface area contributed by atoms with Crippen LogP contribution >= 0.6 is 0 Å². The number of carbonyl (C=O) groups excluding carboxylic acids is 1. The third-order valence-electron chi connectivity index (χ3n) is 3.81. The number of hydrogen-bond acceptors (Lipinski definition) is 5. The molecule has 0 bridgehead atoms. The average molecular weight is 340 g/mol. The third-order valence-corrected chi connectivity index (χ3v) is 5.54. The molecule has 128 valence electrons. The molecule has 0 N–H and O–H groups in total. The molecule has 1 fully saturated rings. The molecule has 0 spiro atoms. The number of sulfone groups is 1. The van der Waals surface area contributed by atoms with Crippen LogP contribution in [0.5, 0.6) is 0 Å². The van der Waals surface area contributed by atoms with Gasteiger partial charge in [-0.3, -0.25) is 4.79 Å². The summed E-state index contributed by atoms with van der Waals surface area (Å²) in [6.07, 6.45) is 0.00115. The fourth-order valence-corrected chi connectivity index (χ4v) is 3.92. The van der Waals surface area contributed by atoms with Crippen molar-refractivity contribution in [3.63, 3.8) is 0 Å². The van der Waals surface area contributed by atoms with E-state index in [1.165, 1.54) is 0 Å². The zero-order chi connectivity index (χ0) is 16.9. The maximum atomic E-state index is 12.5. The highest BCUT2D eigenvalue weighted by atomic mass is 32.2. The minimum atomic E-state index is -3.42. The molecule has 1 unspecified atom stereocenters. The molecule has 1 aliphatic rings. The lowest BCUT2D eigenvalue weighted by molar-refractivity contribution is -0.139. The maximum Gasteiger partial charge on any atom is 0.224 e. The van der Waals surface area contributed by atoms with E-state index in [2.05, 4.69) is 0 Å². The first-order chi connectivity index (χ1) is 10.9. The molecule has 7 heteroatoms. The number of nitrogens with zero attached hydrogens (tertiary/aromatic N) is 2. The summed E-state index contributed by atoms with van der Waals surface area (Å²) >= 11 is 0. The second-order valence-electron chi connectivity index (χ2n) is 5.96. The van der Waals surface area contributed by atoms with Gasteiger partial charge in [-0.1, -0.05) is 18.2 Å². The Morgan fingerprint density at radius 3 is 2.65 bits per heavy atom. The average Bonchev–Trinajstić information content (AvgIpc) is 2.53. The molecule has 23 heavy (non-hydrogen) atoms. The van der Waals surface area contributed by atoms with E-state index in [4.69, 9.17) is 4.74 Å². The Bertz CT molecular complexity index is 616. The van der Waals surface area contributed by atoms with E-state index in [1.807, 2.05) is 19.0 Å². The summed E-state index contributed by atoms with van der Waals surface area (Å²) in [5.74, 6) is -0.290. The predicted octanol–water partition coefficient (Wildman–Crippen LogP) is 0.639. The second-order valence-corrected chi connectivity index (χ2v) is 8.07. The molecular weight excluding hydrogens is 316 g/mol. The largest absolute Gasteiger partial charge is 0.377 e. The molecule has 2 rings (SSSR count). The number of likely N-dealkylation sites (N-methyl/N-ethyl adjacent to an activating group) is 1. The van der Waals surface area contributed by atoms with Gasteiger partial charge in [0.05, 0.1) is 29.9 Å². The second kappa shape index (κ2) is 7.90. The molecule has 6 nitrogen and oxygen atoms in total. The van der Waals surface area contributed by atoms with E-state index in [0.29, 0.717) is 26.3 Å². The van der Waals surface area contributed by atoms with Gasteiger partial charge in [-0.05, 0) is 26.2 Å². The van der Waals surface area contributed by atoms with Gasteiger partial charge in [0.1, 0.15) is 0 Å². The Labute approximate surface area is 137 Å². The summed E-state index contributed by atoms with van der Waals surface area (Å²) in [6.45, 7) is 2.22. The van der Waals surface area contributed by atoms with E-state index in [-0.39, 0.29) is 29.0 Å². The van der Waals surface area contributed by atoms with E-state index >= 15 is 0 Å². The zero-order valence-corrected chi connectivity index (χ0v) is 14.5. The summed E-state index contributed by atoms with van der Waals surface area (Å²) in [7, 11) is 0.459. The minimum absolute atomic E-state index is 0.00115. The van der Waals surface area contributed by atoms with Gasteiger partial charge >= 0.3 is 0 Å². The van der Waals surface area contributed by atoms with Gasteiger partial charge < -0.3 is 14.5 Å². The molecule has 1 aliphatic heterocycles. The van der Waals surface area contributed by atoms with Crippen LogP contribution in [-0.4, -0.2) is 76.3 Å². The van der Waals surface area contributed by atoms with Crippen LogP contribution in [-0.2, 0) is 19.4 Å². The number of hydrogen-bond donors (Lipinski definition) is 0. The fourth-order valence-electron chi connectivity index (χ4n) is 2.67. The lowest BCUT2D eigenvalue weighted by atomic mass is 10.2. The van der Waals surface area contributed by atoms with Crippen molar-refractivity contribution in [2.24, 2.45) is 0 Å². The van der Waals surface area contributed by atoms with Crippen molar-refractivity contribution < 1.29 is 17.9 Å². The van der Waals surface area contributed by atoms with Crippen molar-refractivity contribution in [1.29, 1.82) is 0 Å². The first-order valence-electron chi connectivity index (χ1n) is 7.70. The van der Waals surface area contributed by atoms with E-state index in [1.54, 1.807) is 35.2 Å². The van der Waals surface area contributed by atoms with Crippen molar-refractivity contribution in [2.45, 2.75) is 17.4 Å². The maximum absolute atomic E-state index is 12.5. The minimum Gasteiger partial charge on any atom is -0.377 e. The molecule has 1 saturated heterocycles. The molecule has 1 atom stereocenters. The molecule has 0 aromatic heterocycles. The van der Waals surface area contributed by atoms with Crippen LogP contribution in [0.1, 0.15) is 6.42 Å². The Hall–Kier alpha value is -1.44. The van der Waals surface area contributed by atoms with Crippen LogP contribution < -0.4 is 0 Å². The Morgan fingerprint density at radius 2 is 2.00 bits per heavy atom. The highest BCUT2D eigenvalue weighted by Gasteiger charge is 2.28. The van der Waals surface area contributed by atoms with Gasteiger partial charge in [0.25, 0.3) is 0 Å². The lowest BCUT2D eigenvalue weighted by Crippen LogP contribution is -2.52. The summed E-state index contributed by atoms with van der Waals surface area (Å²) in [6, 6.07) is 8.23. The van der Waals surface area contributed by atoms with Gasteiger partial charge in [-0.2, -0.15) is 0 Å². The first-order valence-corrected chi connectivity index (χ1v) is 9.35. The Balaban J connectivity index is 1.98. The van der Waals surface area contributed by atoms with Crippen LogP contribution in [0.2, 0.25) is 0 Å². The standard InChI is InChI=1S/C16H24N2O4S/c1-17(2)12-14-13-22-10-9-18(14)16(19)8-11-23(20,21)15-6-4-3-5-7-15/h3-7,14H,8-13H2,1-2H3. The van der Waals surface area contributed by atoms with Crippen LogP contribution in [0.15, 0.2) is 35.2 Å². The van der Waals surface area contributed by atoms with E-state index < -0.39 is 9.84 Å². The van der Waals surface area contributed by atoms with Gasteiger partial charge in [0.2, 0.25) is 5.91 Å². The van der Waals surface area contributed by atoms with Gasteiger partial charge in [0.15, 0.2) is 9.84 Å². The molecule has 1 heterocycles. The Morgan fingerprint density at radius 1 is 1.30 bits per heavy atom. The number of carbonyl (C=O) groups is 1. The predicted molar refractivity (Wildman–Crippen MR) is 88.0 cm³/mol. The number of benzene rings is 1. The summed E-state index contributed by atoms with van der Waals surface area (Å²) in [5, 5.41) is 0. The highest BCUT2D eigenvalue weighted by Crippen LogP contribution is 2.14. The van der Waals surface area contributed by atoms with Crippen LogP contribution in [0.4, 0.5) is 0 Å². The molecule has 1 amide bonds. The van der Waals surface area contributed by atoms with E-state index in [0.717, 1.165) is 0 Å².